The van der Waals surface area contributed by atoms with Gasteiger partial charge < -0.3 is 4.74 Å². The molecule has 0 saturated carbocycles. The molecule has 0 amide bonds. The summed E-state index contributed by atoms with van der Waals surface area (Å²) in [5.41, 5.74) is 0. The molecule has 0 radical (unpaired) electrons. The Morgan fingerprint density at radius 3 is 2.57 bits per heavy atom. The first-order chi connectivity index (χ1) is 6.50. The van der Waals surface area contributed by atoms with Crippen LogP contribution in [0.4, 0.5) is 0 Å². The van der Waals surface area contributed by atoms with E-state index in [1.165, 1.54) is 0 Å². The van der Waals surface area contributed by atoms with Gasteiger partial charge in [0.05, 0.1) is 18.5 Å². The summed E-state index contributed by atoms with van der Waals surface area (Å²) < 4.78 is 30.1. The number of ether oxygens (including phenoxy) is 1. The molecule has 4 nitrogen and oxygen atoms in total. The Balaban J connectivity index is 3.50. The molecule has 84 valence electrons. The van der Waals surface area contributed by atoms with Crippen LogP contribution in [0.2, 0.25) is 0 Å². The monoisotopic (exact) mass is 221 g/mol. The predicted octanol–water partition coefficient (Wildman–Crippen LogP) is 0.907. The van der Waals surface area contributed by atoms with Crippen LogP contribution in [0.25, 0.3) is 0 Å². The zero-order chi connectivity index (χ0) is 11.0. The van der Waals surface area contributed by atoms with Crippen molar-refractivity contribution in [1.29, 1.82) is 0 Å². The number of hydrogen-bond donors (Lipinski definition) is 1. The molecule has 0 bridgehead atoms. The predicted molar refractivity (Wildman–Crippen MR) is 57.7 cm³/mol. The van der Waals surface area contributed by atoms with Crippen LogP contribution >= 0.6 is 0 Å². The van der Waals surface area contributed by atoms with Crippen molar-refractivity contribution in [2.24, 2.45) is 0 Å². The maximum Gasteiger partial charge on any atom is 0.214 e. The molecule has 0 spiro atoms. The summed E-state index contributed by atoms with van der Waals surface area (Å²) in [5.74, 6) is 0. The first-order valence-electron chi connectivity index (χ1n) is 4.68. The number of hydrogen-bond acceptors (Lipinski definition) is 3. The van der Waals surface area contributed by atoms with Crippen molar-refractivity contribution in [2.75, 3.05) is 19.8 Å². The van der Waals surface area contributed by atoms with Gasteiger partial charge in [-0.2, -0.15) is 0 Å². The molecular weight excluding hydrogens is 202 g/mol. The molecule has 0 aliphatic carbocycles. The summed E-state index contributed by atoms with van der Waals surface area (Å²) in [7, 11) is -3.14. The molecule has 0 atom stereocenters. The van der Waals surface area contributed by atoms with Crippen molar-refractivity contribution in [3.05, 3.63) is 12.7 Å². The molecule has 0 aliphatic heterocycles. The Labute approximate surface area is 86.4 Å². The van der Waals surface area contributed by atoms with E-state index in [1.807, 2.05) is 0 Å². The van der Waals surface area contributed by atoms with Crippen LogP contribution < -0.4 is 4.72 Å². The van der Waals surface area contributed by atoms with Gasteiger partial charge in [0, 0.05) is 6.54 Å². The second-order valence-electron chi connectivity index (χ2n) is 3.18. The van der Waals surface area contributed by atoms with Crippen molar-refractivity contribution < 1.29 is 13.2 Å². The van der Waals surface area contributed by atoms with Gasteiger partial charge in [0.2, 0.25) is 10.0 Å². The van der Waals surface area contributed by atoms with Crippen molar-refractivity contribution in [3.8, 4) is 0 Å². The Morgan fingerprint density at radius 2 is 2.07 bits per heavy atom. The molecule has 0 aliphatic rings. The SMILES string of the molecule is C=CCCOCCNS(=O)(=O)C(C)C. The van der Waals surface area contributed by atoms with Crippen LogP contribution in [0, 0.1) is 0 Å². The molecule has 14 heavy (non-hydrogen) atoms. The lowest BCUT2D eigenvalue weighted by Gasteiger charge is -2.09. The van der Waals surface area contributed by atoms with Crippen LogP contribution in [-0.4, -0.2) is 33.4 Å². The fourth-order valence-corrected chi connectivity index (χ4v) is 1.39. The standard InChI is InChI=1S/C9H19NO3S/c1-4-5-7-13-8-6-10-14(11,12)9(2)3/h4,9-10H,1,5-8H2,2-3H3. The van der Waals surface area contributed by atoms with Crippen molar-refractivity contribution >= 4 is 10.0 Å². The lowest BCUT2D eigenvalue weighted by Crippen LogP contribution is -2.33. The van der Waals surface area contributed by atoms with Gasteiger partial charge in [-0.05, 0) is 20.3 Å². The molecule has 0 aromatic carbocycles. The second kappa shape index (κ2) is 6.98. The van der Waals surface area contributed by atoms with E-state index in [0.717, 1.165) is 6.42 Å². The summed E-state index contributed by atoms with van der Waals surface area (Å²) in [4.78, 5) is 0. The Morgan fingerprint density at radius 1 is 1.43 bits per heavy atom. The topological polar surface area (TPSA) is 55.4 Å². The molecule has 5 heteroatoms. The van der Waals surface area contributed by atoms with Gasteiger partial charge in [0.1, 0.15) is 0 Å². The van der Waals surface area contributed by atoms with E-state index in [9.17, 15) is 8.42 Å². The Hall–Kier alpha value is -0.390. The van der Waals surface area contributed by atoms with Gasteiger partial charge in [-0.3, -0.25) is 0 Å². The van der Waals surface area contributed by atoms with Crippen molar-refractivity contribution in [3.63, 3.8) is 0 Å². The lowest BCUT2D eigenvalue weighted by atomic mass is 10.5. The van der Waals surface area contributed by atoms with Crippen LogP contribution in [-0.2, 0) is 14.8 Å². The second-order valence-corrected chi connectivity index (χ2v) is 5.50. The lowest BCUT2D eigenvalue weighted by molar-refractivity contribution is 0.144. The van der Waals surface area contributed by atoms with Crippen LogP contribution in [0.15, 0.2) is 12.7 Å². The highest BCUT2D eigenvalue weighted by Crippen LogP contribution is 1.94. The number of nitrogens with one attached hydrogen (secondary N) is 1. The highest BCUT2D eigenvalue weighted by molar-refractivity contribution is 7.90. The van der Waals surface area contributed by atoms with Crippen LogP contribution in [0.3, 0.4) is 0 Å². The fourth-order valence-electron chi connectivity index (χ4n) is 0.691. The smallest absolute Gasteiger partial charge is 0.214 e. The highest BCUT2D eigenvalue weighted by Gasteiger charge is 2.13. The van der Waals surface area contributed by atoms with Crippen molar-refractivity contribution in [1.82, 2.24) is 4.72 Å². The first kappa shape index (κ1) is 13.6. The van der Waals surface area contributed by atoms with E-state index in [2.05, 4.69) is 11.3 Å². The van der Waals surface area contributed by atoms with E-state index in [1.54, 1.807) is 19.9 Å². The molecule has 1 N–H and O–H groups in total. The molecule has 0 aromatic rings. The van der Waals surface area contributed by atoms with Gasteiger partial charge >= 0.3 is 0 Å². The number of sulfonamides is 1. The van der Waals surface area contributed by atoms with Gasteiger partial charge in [-0.15, -0.1) is 6.58 Å². The largest absolute Gasteiger partial charge is 0.380 e. The fraction of sp³-hybridized carbons (Fsp3) is 0.778. The third kappa shape index (κ3) is 6.12. The van der Waals surface area contributed by atoms with Gasteiger partial charge in [-0.25, -0.2) is 13.1 Å². The van der Waals surface area contributed by atoms with E-state index in [0.29, 0.717) is 19.8 Å². The first-order valence-corrected chi connectivity index (χ1v) is 6.22. The zero-order valence-electron chi connectivity index (χ0n) is 8.82. The molecule has 0 unspecified atom stereocenters. The zero-order valence-corrected chi connectivity index (χ0v) is 9.64. The van der Waals surface area contributed by atoms with Crippen LogP contribution in [0.5, 0.6) is 0 Å². The summed E-state index contributed by atoms with van der Waals surface area (Å²) >= 11 is 0. The molecular formula is C9H19NO3S. The normalized spacial score (nSPS) is 11.9. The quantitative estimate of drug-likeness (QED) is 0.489. The van der Waals surface area contributed by atoms with E-state index < -0.39 is 15.3 Å². The molecule has 0 heterocycles. The van der Waals surface area contributed by atoms with E-state index in [-0.39, 0.29) is 0 Å². The average molecular weight is 221 g/mol. The van der Waals surface area contributed by atoms with Crippen molar-refractivity contribution in [2.45, 2.75) is 25.5 Å². The molecule has 0 fully saturated rings. The summed E-state index contributed by atoms with van der Waals surface area (Å²) in [6, 6.07) is 0. The number of rotatable bonds is 8. The van der Waals surface area contributed by atoms with Gasteiger partial charge in [0.15, 0.2) is 0 Å². The minimum atomic E-state index is -3.14. The third-order valence-corrected chi connectivity index (χ3v) is 3.48. The van der Waals surface area contributed by atoms with E-state index in [4.69, 9.17) is 4.74 Å². The molecule has 0 aromatic heterocycles. The summed E-state index contributed by atoms with van der Waals surface area (Å²) in [5, 5.41) is -0.393. The van der Waals surface area contributed by atoms with Gasteiger partial charge in [-0.1, -0.05) is 6.08 Å². The maximum absolute atomic E-state index is 11.2. The van der Waals surface area contributed by atoms with Gasteiger partial charge in [0.25, 0.3) is 0 Å². The summed E-state index contributed by atoms with van der Waals surface area (Å²) in [6.45, 7) is 8.15. The highest BCUT2D eigenvalue weighted by atomic mass is 32.2. The maximum atomic E-state index is 11.2. The minimum absolute atomic E-state index is 0.331. The minimum Gasteiger partial charge on any atom is -0.380 e. The third-order valence-electron chi connectivity index (χ3n) is 1.64. The molecule has 0 rings (SSSR count). The average Bonchev–Trinajstić information content (AvgIpc) is 2.10. The summed E-state index contributed by atoms with van der Waals surface area (Å²) in [6.07, 6.45) is 2.55. The van der Waals surface area contributed by atoms with E-state index >= 15 is 0 Å². The Kier molecular flexibility index (Phi) is 6.78. The molecule has 0 saturated heterocycles. The Bertz CT molecular complexity index is 247. The van der Waals surface area contributed by atoms with Crippen LogP contribution in [0.1, 0.15) is 20.3 Å².